The summed E-state index contributed by atoms with van der Waals surface area (Å²) >= 11 is 3.28. The van der Waals surface area contributed by atoms with Crippen molar-refractivity contribution < 1.29 is 9.13 Å². The molecule has 1 heterocycles. The summed E-state index contributed by atoms with van der Waals surface area (Å²) in [6.45, 7) is 1.69. The van der Waals surface area contributed by atoms with E-state index in [1.54, 1.807) is 32.3 Å². The third-order valence-electron chi connectivity index (χ3n) is 2.29. The first kappa shape index (κ1) is 12.8. The quantitative estimate of drug-likeness (QED) is 0.942. The van der Waals surface area contributed by atoms with E-state index in [0.29, 0.717) is 27.6 Å². The lowest BCUT2D eigenvalue weighted by molar-refractivity contribution is 0.454. The number of nitrogens with zero attached hydrogens (tertiary/aromatic N) is 2. The third-order valence-corrected chi connectivity index (χ3v) is 2.84. The summed E-state index contributed by atoms with van der Waals surface area (Å²) in [4.78, 5) is 8.13. The fourth-order valence-corrected chi connectivity index (χ4v) is 1.56. The highest BCUT2D eigenvalue weighted by Crippen LogP contribution is 2.28. The number of nitrogens with one attached hydrogen (secondary N) is 1. The molecular weight excluding hydrogens is 301 g/mol. The summed E-state index contributed by atoms with van der Waals surface area (Å²) in [7, 11) is 1.71. The molecule has 0 spiro atoms. The first-order valence-corrected chi connectivity index (χ1v) is 6.03. The summed E-state index contributed by atoms with van der Waals surface area (Å²) in [5.74, 6) is 0.837. The Bertz CT molecular complexity index is 577. The van der Waals surface area contributed by atoms with Gasteiger partial charge in [-0.15, -0.1) is 0 Å². The van der Waals surface area contributed by atoms with Crippen molar-refractivity contribution in [3.8, 4) is 11.6 Å². The first-order valence-electron chi connectivity index (χ1n) is 5.24. The van der Waals surface area contributed by atoms with Crippen LogP contribution in [-0.4, -0.2) is 17.0 Å². The molecule has 94 valence electrons. The van der Waals surface area contributed by atoms with E-state index in [1.165, 1.54) is 6.07 Å². The normalized spacial score (nSPS) is 10.2. The molecule has 0 saturated heterocycles. The van der Waals surface area contributed by atoms with Gasteiger partial charge in [0.25, 0.3) is 0 Å². The van der Waals surface area contributed by atoms with Crippen LogP contribution in [0, 0.1) is 12.7 Å². The van der Waals surface area contributed by atoms with Crippen molar-refractivity contribution in [1.82, 2.24) is 9.97 Å². The van der Waals surface area contributed by atoms with Crippen LogP contribution in [-0.2, 0) is 0 Å². The lowest BCUT2D eigenvalue weighted by Gasteiger charge is -2.08. The topological polar surface area (TPSA) is 47.0 Å². The van der Waals surface area contributed by atoms with Crippen LogP contribution >= 0.6 is 15.9 Å². The summed E-state index contributed by atoms with van der Waals surface area (Å²) < 4.78 is 19.5. The van der Waals surface area contributed by atoms with Gasteiger partial charge < -0.3 is 10.1 Å². The van der Waals surface area contributed by atoms with Gasteiger partial charge in [-0.25, -0.2) is 9.37 Å². The SMILES string of the molecule is CNc1ncc(Br)c(Oc2ccc(C)c(F)c2)n1. The van der Waals surface area contributed by atoms with Crippen molar-refractivity contribution in [3.63, 3.8) is 0 Å². The summed E-state index contributed by atoms with van der Waals surface area (Å²) in [6, 6.07) is 4.66. The van der Waals surface area contributed by atoms with Gasteiger partial charge in [0, 0.05) is 13.1 Å². The van der Waals surface area contributed by atoms with Crippen LogP contribution in [0.1, 0.15) is 5.56 Å². The van der Waals surface area contributed by atoms with E-state index in [2.05, 4.69) is 31.2 Å². The average molecular weight is 312 g/mol. The maximum atomic E-state index is 13.4. The minimum absolute atomic E-state index is 0.313. The molecule has 1 aromatic heterocycles. The van der Waals surface area contributed by atoms with Crippen LogP contribution in [0.4, 0.5) is 10.3 Å². The monoisotopic (exact) mass is 311 g/mol. The van der Waals surface area contributed by atoms with E-state index in [1.807, 2.05) is 0 Å². The number of benzene rings is 1. The van der Waals surface area contributed by atoms with Crippen molar-refractivity contribution in [2.45, 2.75) is 6.92 Å². The Morgan fingerprint density at radius 1 is 1.39 bits per heavy atom. The standard InChI is InChI=1S/C12H11BrFN3O/c1-7-3-4-8(5-10(7)14)18-11-9(13)6-16-12(15-2)17-11/h3-6H,1-2H3,(H,15,16,17). The first-order chi connectivity index (χ1) is 8.60. The number of anilines is 1. The Kier molecular flexibility index (Phi) is 3.76. The van der Waals surface area contributed by atoms with Gasteiger partial charge >= 0.3 is 0 Å². The third kappa shape index (κ3) is 2.76. The highest BCUT2D eigenvalue weighted by molar-refractivity contribution is 9.10. The molecule has 0 atom stereocenters. The lowest BCUT2D eigenvalue weighted by Crippen LogP contribution is -1.98. The van der Waals surface area contributed by atoms with Crippen LogP contribution in [0.3, 0.4) is 0 Å². The van der Waals surface area contributed by atoms with Crippen LogP contribution < -0.4 is 10.1 Å². The zero-order valence-corrected chi connectivity index (χ0v) is 11.5. The fraction of sp³-hybridized carbons (Fsp3) is 0.167. The lowest BCUT2D eigenvalue weighted by atomic mass is 10.2. The number of halogens is 2. The molecule has 2 rings (SSSR count). The number of ether oxygens (including phenoxy) is 1. The predicted octanol–water partition coefficient (Wildman–Crippen LogP) is 3.52. The fourth-order valence-electron chi connectivity index (χ4n) is 1.29. The minimum Gasteiger partial charge on any atom is -0.438 e. The Hall–Kier alpha value is -1.69. The second-order valence-corrected chi connectivity index (χ2v) is 4.46. The Morgan fingerprint density at radius 3 is 2.83 bits per heavy atom. The van der Waals surface area contributed by atoms with Crippen molar-refractivity contribution >= 4 is 21.9 Å². The molecule has 0 aliphatic carbocycles. The van der Waals surface area contributed by atoms with E-state index < -0.39 is 0 Å². The van der Waals surface area contributed by atoms with Crippen LogP contribution in [0.25, 0.3) is 0 Å². The van der Waals surface area contributed by atoms with E-state index >= 15 is 0 Å². The van der Waals surface area contributed by atoms with Crippen LogP contribution in [0.5, 0.6) is 11.6 Å². The summed E-state index contributed by atoms with van der Waals surface area (Å²) in [5.41, 5.74) is 0.569. The van der Waals surface area contributed by atoms with E-state index in [4.69, 9.17) is 4.74 Å². The molecule has 0 fully saturated rings. The molecule has 1 aromatic carbocycles. The second kappa shape index (κ2) is 5.30. The van der Waals surface area contributed by atoms with Gasteiger partial charge in [0.15, 0.2) is 0 Å². The zero-order chi connectivity index (χ0) is 13.1. The molecule has 0 saturated carbocycles. The Balaban J connectivity index is 2.30. The highest BCUT2D eigenvalue weighted by atomic mass is 79.9. The van der Waals surface area contributed by atoms with Crippen LogP contribution in [0.15, 0.2) is 28.9 Å². The van der Waals surface area contributed by atoms with Crippen molar-refractivity contribution in [3.05, 3.63) is 40.2 Å². The van der Waals surface area contributed by atoms with Gasteiger partial charge in [-0.3, -0.25) is 0 Å². The van der Waals surface area contributed by atoms with Crippen LogP contribution in [0.2, 0.25) is 0 Å². The van der Waals surface area contributed by atoms with Gasteiger partial charge in [0.1, 0.15) is 11.6 Å². The molecule has 1 N–H and O–H groups in total. The number of hydrogen-bond donors (Lipinski definition) is 1. The van der Waals surface area contributed by atoms with Crippen molar-refractivity contribution in [2.75, 3.05) is 12.4 Å². The van der Waals surface area contributed by atoms with E-state index in [0.717, 1.165) is 0 Å². The molecule has 4 nitrogen and oxygen atoms in total. The van der Waals surface area contributed by atoms with Gasteiger partial charge in [0.05, 0.1) is 10.7 Å². The molecule has 0 aliphatic heterocycles. The van der Waals surface area contributed by atoms with Gasteiger partial charge in [-0.05, 0) is 34.5 Å². The molecule has 0 aliphatic rings. The summed E-state index contributed by atoms with van der Waals surface area (Å²) in [6.07, 6.45) is 1.57. The largest absolute Gasteiger partial charge is 0.438 e. The van der Waals surface area contributed by atoms with Gasteiger partial charge in [0.2, 0.25) is 11.8 Å². The zero-order valence-electron chi connectivity index (χ0n) is 9.87. The number of hydrogen-bond acceptors (Lipinski definition) is 4. The van der Waals surface area contributed by atoms with Crippen molar-refractivity contribution in [2.24, 2.45) is 0 Å². The maximum absolute atomic E-state index is 13.4. The van der Waals surface area contributed by atoms with Gasteiger partial charge in [-0.1, -0.05) is 6.07 Å². The molecule has 2 aromatic rings. The number of rotatable bonds is 3. The Labute approximate surface area is 112 Å². The highest BCUT2D eigenvalue weighted by Gasteiger charge is 2.08. The molecular formula is C12H11BrFN3O. The summed E-state index contributed by atoms with van der Waals surface area (Å²) in [5, 5.41) is 2.80. The molecule has 0 amide bonds. The maximum Gasteiger partial charge on any atom is 0.238 e. The van der Waals surface area contributed by atoms with Crippen molar-refractivity contribution in [1.29, 1.82) is 0 Å². The Morgan fingerprint density at radius 2 is 2.17 bits per heavy atom. The number of aromatic nitrogens is 2. The molecule has 0 unspecified atom stereocenters. The second-order valence-electron chi connectivity index (χ2n) is 3.61. The predicted molar refractivity (Wildman–Crippen MR) is 70.5 cm³/mol. The van der Waals surface area contributed by atoms with Gasteiger partial charge in [-0.2, -0.15) is 4.98 Å². The molecule has 18 heavy (non-hydrogen) atoms. The molecule has 6 heteroatoms. The smallest absolute Gasteiger partial charge is 0.238 e. The average Bonchev–Trinajstić information content (AvgIpc) is 2.36. The minimum atomic E-state index is -0.313. The van der Waals surface area contributed by atoms with E-state index in [9.17, 15) is 4.39 Å². The molecule has 0 bridgehead atoms. The molecule has 0 radical (unpaired) electrons. The van der Waals surface area contributed by atoms with E-state index in [-0.39, 0.29) is 5.82 Å². The number of aryl methyl sites for hydroxylation is 1.